The maximum Gasteiger partial charge on any atom is 0.215 e. The molecule has 124 valence electrons. The van der Waals surface area contributed by atoms with Gasteiger partial charge in [-0.1, -0.05) is 12.2 Å². The van der Waals surface area contributed by atoms with Crippen molar-refractivity contribution in [3.05, 3.63) is 53.4 Å². The monoisotopic (exact) mass is 323 g/mol. The molecule has 0 unspecified atom stereocenters. The molecule has 0 amide bonds. The Morgan fingerprint density at radius 1 is 1.29 bits per heavy atom. The van der Waals surface area contributed by atoms with Crippen molar-refractivity contribution < 1.29 is 4.79 Å². The average molecular weight is 323 g/mol. The maximum atomic E-state index is 13.0. The zero-order valence-corrected chi connectivity index (χ0v) is 13.7. The topological polar surface area (TPSA) is 84.1 Å². The molecule has 2 aromatic heterocycles. The minimum atomic E-state index is -0.203. The Hall–Kier alpha value is -2.73. The van der Waals surface area contributed by atoms with Gasteiger partial charge in [-0.2, -0.15) is 0 Å². The van der Waals surface area contributed by atoms with Gasteiger partial charge >= 0.3 is 0 Å². The molecule has 3 rings (SSSR count). The molecule has 0 bridgehead atoms. The summed E-state index contributed by atoms with van der Waals surface area (Å²) in [5.41, 5.74) is 7.44. The molecule has 6 nitrogen and oxygen atoms in total. The van der Waals surface area contributed by atoms with E-state index in [1.165, 1.54) is 0 Å². The first kappa shape index (κ1) is 16.1. The molecular formula is C18H21N5O. The standard InChI is InChI=1S/C18H21N5O/c1-2-4-13-6-7-15(23-11-9-20-10-12-23)22-16(13)17(24)14-5-3-8-21-18(14)19/h2-8,20H,9-12H2,1H3,(H2,19,21)/b4-2-. The average Bonchev–Trinajstić information content (AvgIpc) is 2.63. The third-order valence-corrected chi connectivity index (χ3v) is 4.00. The van der Waals surface area contributed by atoms with Gasteiger partial charge in [-0.15, -0.1) is 0 Å². The highest BCUT2D eigenvalue weighted by atomic mass is 16.1. The lowest BCUT2D eigenvalue weighted by Crippen LogP contribution is -2.44. The molecule has 0 saturated carbocycles. The van der Waals surface area contributed by atoms with Crippen LogP contribution >= 0.6 is 0 Å². The van der Waals surface area contributed by atoms with Crippen molar-refractivity contribution in [3.63, 3.8) is 0 Å². The van der Waals surface area contributed by atoms with Crippen LogP contribution in [0.15, 0.2) is 36.5 Å². The van der Waals surface area contributed by atoms with E-state index in [0.29, 0.717) is 11.3 Å². The Labute approximate surface area is 141 Å². The number of carbonyl (C=O) groups excluding carboxylic acids is 1. The van der Waals surface area contributed by atoms with Gasteiger partial charge in [-0.05, 0) is 31.2 Å². The summed E-state index contributed by atoms with van der Waals surface area (Å²) in [5, 5.41) is 3.31. The summed E-state index contributed by atoms with van der Waals surface area (Å²) >= 11 is 0. The fourth-order valence-electron chi connectivity index (χ4n) is 2.76. The number of hydrogen-bond acceptors (Lipinski definition) is 6. The number of nitrogens with two attached hydrogens (primary N) is 1. The molecule has 0 aliphatic carbocycles. The van der Waals surface area contributed by atoms with E-state index in [1.54, 1.807) is 18.3 Å². The zero-order chi connectivity index (χ0) is 16.9. The Bertz CT molecular complexity index is 766. The van der Waals surface area contributed by atoms with Crippen LogP contribution in [0.1, 0.15) is 28.5 Å². The molecule has 24 heavy (non-hydrogen) atoms. The predicted molar refractivity (Wildman–Crippen MR) is 96.1 cm³/mol. The molecule has 1 aliphatic heterocycles. The first-order valence-corrected chi connectivity index (χ1v) is 8.05. The highest BCUT2D eigenvalue weighted by Gasteiger charge is 2.20. The van der Waals surface area contributed by atoms with Gasteiger partial charge in [0.25, 0.3) is 0 Å². The van der Waals surface area contributed by atoms with Crippen LogP contribution < -0.4 is 16.0 Å². The maximum absolute atomic E-state index is 13.0. The van der Waals surface area contributed by atoms with Gasteiger partial charge in [0.15, 0.2) is 0 Å². The number of piperazine rings is 1. The lowest BCUT2D eigenvalue weighted by Gasteiger charge is -2.28. The number of pyridine rings is 2. The van der Waals surface area contributed by atoms with Gasteiger partial charge in [0.05, 0.1) is 5.56 Å². The van der Waals surface area contributed by atoms with Crippen LogP contribution in [0.3, 0.4) is 0 Å². The van der Waals surface area contributed by atoms with Gasteiger partial charge in [-0.25, -0.2) is 9.97 Å². The van der Waals surface area contributed by atoms with Crippen molar-refractivity contribution in [1.29, 1.82) is 0 Å². The number of aromatic nitrogens is 2. The molecule has 0 radical (unpaired) electrons. The molecule has 3 N–H and O–H groups in total. The van der Waals surface area contributed by atoms with Gasteiger partial charge in [0.1, 0.15) is 17.3 Å². The van der Waals surface area contributed by atoms with Crippen molar-refractivity contribution in [1.82, 2.24) is 15.3 Å². The molecule has 1 saturated heterocycles. The summed E-state index contributed by atoms with van der Waals surface area (Å²) in [5.74, 6) is 0.838. The number of nitrogens with zero attached hydrogens (tertiary/aromatic N) is 3. The highest BCUT2D eigenvalue weighted by molar-refractivity contribution is 6.12. The largest absolute Gasteiger partial charge is 0.383 e. The van der Waals surface area contributed by atoms with Gasteiger partial charge in [0.2, 0.25) is 5.78 Å². The van der Waals surface area contributed by atoms with Gasteiger partial charge < -0.3 is 16.0 Å². The minimum absolute atomic E-state index is 0.203. The smallest absolute Gasteiger partial charge is 0.215 e. The molecule has 1 fully saturated rings. The van der Waals surface area contributed by atoms with Crippen molar-refractivity contribution >= 4 is 23.5 Å². The van der Waals surface area contributed by atoms with Crippen LogP contribution in [0.2, 0.25) is 0 Å². The first-order chi connectivity index (χ1) is 11.7. The van der Waals surface area contributed by atoms with Gasteiger partial charge in [0, 0.05) is 37.9 Å². The van der Waals surface area contributed by atoms with E-state index in [2.05, 4.69) is 20.2 Å². The van der Waals surface area contributed by atoms with Gasteiger partial charge in [-0.3, -0.25) is 4.79 Å². The van der Waals surface area contributed by atoms with Crippen LogP contribution in [0, 0.1) is 0 Å². The van der Waals surface area contributed by atoms with E-state index >= 15 is 0 Å². The summed E-state index contributed by atoms with van der Waals surface area (Å²) in [6.07, 6.45) is 5.35. The summed E-state index contributed by atoms with van der Waals surface area (Å²) in [7, 11) is 0. The second kappa shape index (κ2) is 7.23. The number of nitrogen functional groups attached to an aromatic ring is 1. The van der Waals surface area contributed by atoms with Crippen molar-refractivity contribution in [2.75, 3.05) is 36.8 Å². The first-order valence-electron chi connectivity index (χ1n) is 8.05. The molecule has 1 aliphatic rings. The summed E-state index contributed by atoms with van der Waals surface area (Å²) < 4.78 is 0. The van der Waals surface area contributed by atoms with E-state index in [0.717, 1.165) is 37.6 Å². The molecule has 3 heterocycles. The van der Waals surface area contributed by atoms with Crippen LogP contribution in [0.4, 0.5) is 11.6 Å². The Kier molecular flexibility index (Phi) is 4.86. The number of carbonyl (C=O) groups is 1. The predicted octanol–water partition coefficient (Wildman–Crippen LogP) is 1.73. The molecule has 2 aromatic rings. The van der Waals surface area contributed by atoms with Crippen molar-refractivity contribution in [3.8, 4) is 0 Å². The van der Waals surface area contributed by atoms with Crippen LogP contribution in [-0.4, -0.2) is 41.9 Å². The number of nitrogens with one attached hydrogen (secondary N) is 1. The number of ketones is 1. The number of rotatable bonds is 4. The van der Waals surface area contributed by atoms with Crippen LogP contribution in [-0.2, 0) is 0 Å². The molecular weight excluding hydrogens is 302 g/mol. The quantitative estimate of drug-likeness (QED) is 0.834. The van der Waals surface area contributed by atoms with Crippen LogP contribution in [0.5, 0.6) is 0 Å². The fourth-order valence-corrected chi connectivity index (χ4v) is 2.76. The Morgan fingerprint density at radius 3 is 2.79 bits per heavy atom. The van der Waals surface area contributed by atoms with Crippen molar-refractivity contribution in [2.45, 2.75) is 6.92 Å². The zero-order valence-electron chi connectivity index (χ0n) is 13.7. The van der Waals surface area contributed by atoms with E-state index in [-0.39, 0.29) is 11.6 Å². The van der Waals surface area contributed by atoms with E-state index in [9.17, 15) is 4.79 Å². The van der Waals surface area contributed by atoms with Crippen molar-refractivity contribution in [2.24, 2.45) is 0 Å². The third-order valence-electron chi connectivity index (χ3n) is 4.00. The normalized spacial score (nSPS) is 15.0. The fraction of sp³-hybridized carbons (Fsp3) is 0.278. The summed E-state index contributed by atoms with van der Waals surface area (Å²) in [4.78, 5) is 23.8. The molecule has 0 atom stereocenters. The number of anilines is 2. The Balaban J connectivity index is 2.03. The lowest BCUT2D eigenvalue weighted by atomic mass is 10.0. The second-order valence-corrected chi connectivity index (χ2v) is 5.61. The van der Waals surface area contributed by atoms with E-state index in [1.807, 2.05) is 31.2 Å². The molecule has 0 aromatic carbocycles. The van der Waals surface area contributed by atoms with E-state index < -0.39 is 0 Å². The summed E-state index contributed by atoms with van der Waals surface area (Å²) in [6.45, 7) is 5.49. The lowest BCUT2D eigenvalue weighted by molar-refractivity contribution is 0.103. The summed E-state index contributed by atoms with van der Waals surface area (Å²) in [6, 6.07) is 7.29. The van der Waals surface area contributed by atoms with E-state index in [4.69, 9.17) is 5.73 Å². The minimum Gasteiger partial charge on any atom is -0.383 e. The third kappa shape index (κ3) is 3.28. The molecule has 0 spiro atoms. The number of hydrogen-bond donors (Lipinski definition) is 2. The molecule has 6 heteroatoms. The Morgan fingerprint density at radius 2 is 2.08 bits per heavy atom. The SMILES string of the molecule is C/C=C\c1ccc(N2CCNCC2)nc1C(=O)c1cccnc1N. The van der Waals surface area contributed by atoms with Crippen LogP contribution in [0.25, 0.3) is 6.08 Å². The highest BCUT2D eigenvalue weighted by Crippen LogP contribution is 2.21. The number of allylic oxidation sites excluding steroid dienone is 1. The second-order valence-electron chi connectivity index (χ2n) is 5.61.